The third-order valence-corrected chi connectivity index (χ3v) is 5.29. The second-order valence-corrected chi connectivity index (χ2v) is 6.92. The molecule has 21 heavy (non-hydrogen) atoms. The highest BCUT2D eigenvalue weighted by molar-refractivity contribution is 4.94. The number of aliphatic hydroxyl groups is 1. The average Bonchev–Trinajstić information content (AvgIpc) is 2.91. The SMILES string of the molecule is CCCCOC1CCC(N2NC3CCCCC3N2)C(O)C1. The molecule has 3 N–H and O–H groups in total. The van der Waals surface area contributed by atoms with Crippen LogP contribution in [0.3, 0.4) is 0 Å². The smallest absolute Gasteiger partial charge is 0.0748 e. The summed E-state index contributed by atoms with van der Waals surface area (Å²) in [5.74, 6) is 0. The summed E-state index contributed by atoms with van der Waals surface area (Å²) >= 11 is 0. The van der Waals surface area contributed by atoms with Crippen LogP contribution in [0.15, 0.2) is 0 Å². The van der Waals surface area contributed by atoms with E-state index >= 15 is 0 Å². The van der Waals surface area contributed by atoms with Gasteiger partial charge in [0.2, 0.25) is 0 Å². The molecule has 5 atom stereocenters. The average molecular weight is 297 g/mol. The number of hydrogen-bond acceptors (Lipinski definition) is 5. The number of nitrogens with zero attached hydrogens (tertiary/aromatic N) is 1. The highest BCUT2D eigenvalue weighted by Gasteiger charge is 2.41. The van der Waals surface area contributed by atoms with Gasteiger partial charge in [-0.25, -0.2) is 10.9 Å². The van der Waals surface area contributed by atoms with Crippen LogP contribution in [0.5, 0.6) is 0 Å². The summed E-state index contributed by atoms with van der Waals surface area (Å²) < 4.78 is 5.88. The summed E-state index contributed by atoms with van der Waals surface area (Å²) in [6, 6.07) is 1.30. The van der Waals surface area contributed by atoms with Crippen molar-refractivity contribution in [1.29, 1.82) is 0 Å². The van der Waals surface area contributed by atoms with E-state index in [0.717, 1.165) is 32.3 Å². The van der Waals surface area contributed by atoms with Crippen LogP contribution in [0.2, 0.25) is 0 Å². The van der Waals surface area contributed by atoms with E-state index in [4.69, 9.17) is 4.74 Å². The van der Waals surface area contributed by atoms with Gasteiger partial charge in [-0.3, -0.25) is 0 Å². The number of unbranched alkanes of at least 4 members (excludes halogenated alkanes) is 1. The Balaban J connectivity index is 1.47. The van der Waals surface area contributed by atoms with Crippen LogP contribution in [0.4, 0.5) is 0 Å². The third kappa shape index (κ3) is 3.77. The minimum absolute atomic E-state index is 0.182. The van der Waals surface area contributed by atoms with Gasteiger partial charge in [0, 0.05) is 25.1 Å². The Morgan fingerprint density at radius 1 is 1.10 bits per heavy atom. The van der Waals surface area contributed by atoms with Crippen molar-refractivity contribution in [1.82, 2.24) is 16.0 Å². The molecule has 1 aliphatic heterocycles. The van der Waals surface area contributed by atoms with E-state index in [-0.39, 0.29) is 18.2 Å². The van der Waals surface area contributed by atoms with Gasteiger partial charge in [0.15, 0.2) is 0 Å². The molecule has 3 aliphatic rings. The first-order valence-electron chi connectivity index (χ1n) is 8.89. The fourth-order valence-corrected chi connectivity index (χ4v) is 3.97. The molecule has 122 valence electrons. The van der Waals surface area contributed by atoms with Gasteiger partial charge in [0.05, 0.1) is 18.2 Å². The minimum atomic E-state index is -0.300. The Morgan fingerprint density at radius 3 is 2.43 bits per heavy atom. The number of aliphatic hydroxyl groups excluding tert-OH is 1. The second kappa shape index (κ2) is 7.38. The van der Waals surface area contributed by atoms with Crippen molar-refractivity contribution < 1.29 is 9.84 Å². The maximum atomic E-state index is 10.5. The Kier molecular flexibility index (Phi) is 5.51. The Morgan fingerprint density at radius 2 is 1.81 bits per heavy atom. The van der Waals surface area contributed by atoms with Gasteiger partial charge >= 0.3 is 0 Å². The summed E-state index contributed by atoms with van der Waals surface area (Å²) in [7, 11) is 0. The molecule has 5 unspecified atom stereocenters. The van der Waals surface area contributed by atoms with Crippen molar-refractivity contribution in [3.63, 3.8) is 0 Å². The first-order chi connectivity index (χ1) is 10.3. The monoisotopic (exact) mass is 297 g/mol. The summed E-state index contributed by atoms with van der Waals surface area (Å²) in [5.41, 5.74) is 7.16. The molecule has 0 aromatic heterocycles. The fraction of sp³-hybridized carbons (Fsp3) is 1.00. The molecule has 0 aromatic rings. The summed E-state index contributed by atoms with van der Waals surface area (Å²) in [5, 5.41) is 12.6. The van der Waals surface area contributed by atoms with Crippen LogP contribution in [0.25, 0.3) is 0 Å². The molecule has 5 heteroatoms. The Bertz CT molecular complexity index is 315. The van der Waals surface area contributed by atoms with Gasteiger partial charge in [0.25, 0.3) is 0 Å². The van der Waals surface area contributed by atoms with Crippen molar-refractivity contribution in [2.24, 2.45) is 0 Å². The summed E-state index contributed by atoms with van der Waals surface area (Å²) in [4.78, 5) is 0. The van der Waals surface area contributed by atoms with E-state index in [1.807, 2.05) is 0 Å². The normalized spacial score (nSPS) is 41.1. The van der Waals surface area contributed by atoms with Gasteiger partial charge in [-0.1, -0.05) is 26.2 Å². The highest BCUT2D eigenvalue weighted by Crippen LogP contribution is 2.29. The zero-order chi connectivity index (χ0) is 14.7. The molecule has 0 aromatic carbocycles. The van der Waals surface area contributed by atoms with Gasteiger partial charge in [-0.15, -0.1) is 0 Å². The van der Waals surface area contributed by atoms with Crippen LogP contribution in [0.1, 0.15) is 64.7 Å². The van der Waals surface area contributed by atoms with Crippen LogP contribution in [-0.2, 0) is 4.74 Å². The quantitative estimate of drug-likeness (QED) is 0.675. The lowest BCUT2D eigenvalue weighted by Gasteiger charge is -2.38. The number of hydrogen-bond donors (Lipinski definition) is 3. The van der Waals surface area contributed by atoms with Crippen molar-refractivity contribution >= 4 is 0 Å². The lowest BCUT2D eigenvalue weighted by Crippen LogP contribution is -2.55. The largest absolute Gasteiger partial charge is 0.391 e. The molecule has 0 bridgehead atoms. The molecule has 3 rings (SSSR count). The third-order valence-electron chi connectivity index (χ3n) is 5.29. The second-order valence-electron chi connectivity index (χ2n) is 6.92. The van der Waals surface area contributed by atoms with Crippen molar-refractivity contribution in [3.8, 4) is 0 Å². The minimum Gasteiger partial charge on any atom is -0.391 e. The van der Waals surface area contributed by atoms with E-state index < -0.39 is 0 Å². The first kappa shape index (κ1) is 15.7. The molecule has 1 heterocycles. The molecule has 0 spiro atoms. The van der Waals surface area contributed by atoms with E-state index in [9.17, 15) is 5.11 Å². The molecule has 1 saturated heterocycles. The van der Waals surface area contributed by atoms with Crippen molar-refractivity contribution in [3.05, 3.63) is 0 Å². The van der Waals surface area contributed by atoms with Crippen molar-refractivity contribution in [2.45, 2.75) is 95.0 Å². The topological polar surface area (TPSA) is 56.8 Å². The van der Waals surface area contributed by atoms with Gasteiger partial charge in [-0.05, 0) is 32.1 Å². The maximum Gasteiger partial charge on any atom is 0.0748 e. The Hall–Kier alpha value is -0.200. The zero-order valence-corrected chi connectivity index (χ0v) is 13.3. The van der Waals surface area contributed by atoms with Crippen molar-refractivity contribution in [2.75, 3.05) is 6.61 Å². The molecule has 0 radical (unpaired) electrons. The van der Waals surface area contributed by atoms with Crippen LogP contribution >= 0.6 is 0 Å². The van der Waals surface area contributed by atoms with Gasteiger partial charge in [-0.2, -0.15) is 5.12 Å². The highest BCUT2D eigenvalue weighted by atomic mass is 16.5. The lowest BCUT2D eigenvalue weighted by atomic mass is 9.90. The number of fused-ring (bicyclic) bond motifs is 1. The molecule has 5 nitrogen and oxygen atoms in total. The maximum absolute atomic E-state index is 10.5. The van der Waals surface area contributed by atoms with E-state index in [2.05, 4.69) is 22.9 Å². The number of hydrazine groups is 2. The van der Waals surface area contributed by atoms with E-state index in [0.29, 0.717) is 12.1 Å². The van der Waals surface area contributed by atoms with Gasteiger partial charge in [0.1, 0.15) is 0 Å². The number of rotatable bonds is 5. The molecular weight excluding hydrogens is 266 g/mol. The molecule has 2 saturated carbocycles. The molecule has 0 amide bonds. The lowest BCUT2D eigenvalue weighted by molar-refractivity contribution is -0.0740. The molecule has 3 fully saturated rings. The molecular formula is C16H31N3O2. The van der Waals surface area contributed by atoms with Gasteiger partial charge < -0.3 is 9.84 Å². The zero-order valence-electron chi connectivity index (χ0n) is 13.3. The molecule has 2 aliphatic carbocycles. The van der Waals surface area contributed by atoms with Crippen LogP contribution in [0, 0.1) is 0 Å². The first-order valence-corrected chi connectivity index (χ1v) is 8.89. The van der Waals surface area contributed by atoms with Crippen LogP contribution < -0.4 is 10.9 Å². The summed E-state index contributed by atoms with van der Waals surface area (Å²) in [6.07, 6.45) is 10.2. The Labute approximate surface area is 128 Å². The standard InChI is InChI=1S/C16H31N3O2/c1-2-3-10-21-12-8-9-15(16(20)11-12)19-17-13-6-4-5-7-14(13)18-19/h12-18,20H,2-11H2,1H3. The fourth-order valence-electron chi connectivity index (χ4n) is 3.97. The summed E-state index contributed by atoms with van der Waals surface area (Å²) in [6.45, 7) is 3.02. The van der Waals surface area contributed by atoms with E-state index in [1.165, 1.54) is 32.1 Å². The van der Waals surface area contributed by atoms with Crippen LogP contribution in [-0.4, -0.2) is 47.2 Å². The number of ether oxygens (including phenoxy) is 1. The van der Waals surface area contributed by atoms with E-state index in [1.54, 1.807) is 0 Å². The predicted octanol–water partition coefficient (Wildman–Crippen LogP) is 1.72. The number of nitrogens with one attached hydrogen (secondary N) is 2. The predicted molar refractivity (Wildman–Crippen MR) is 82.4 cm³/mol.